The Hall–Kier alpha value is -3.08. The van der Waals surface area contributed by atoms with E-state index in [2.05, 4.69) is 26.8 Å². The number of terminal acetylenes is 1. The first-order valence-corrected chi connectivity index (χ1v) is 11.1. The number of carbonyl (C=O) groups excluding carboxylic acids is 2. The average Bonchev–Trinajstić information content (AvgIpc) is 3.52. The van der Waals surface area contributed by atoms with E-state index in [0.29, 0.717) is 51.7 Å². The Balaban J connectivity index is 1.63. The Labute approximate surface area is 190 Å². The van der Waals surface area contributed by atoms with Crippen LogP contribution in [0.2, 0.25) is 0 Å². The van der Waals surface area contributed by atoms with Crippen molar-refractivity contribution in [3.05, 3.63) is 30.3 Å². The van der Waals surface area contributed by atoms with Crippen LogP contribution in [0.15, 0.2) is 40.6 Å². The number of nitrogens with zero attached hydrogens (tertiary/aromatic N) is 3. The summed E-state index contributed by atoms with van der Waals surface area (Å²) in [5.41, 5.74) is -0.936. The molecule has 1 aromatic carbocycles. The van der Waals surface area contributed by atoms with Crippen molar-refractivity contribution in [3.63, 3.8) is 0 Å². The van der Waals surface area contributed by atoms with Crippen LogP contribution in [-0.4, -0.2) is 53.3 Å². The number of piperidine rings is 1. The maximum Gasteiger partial charge on any atom is 0.410 e. The number of carbonyl (C=O) groups is 2. The predicted octanol–water partition coefficient (Wildman–Crippen LogP) is 3.95. The lowest BCUT2D eigenvalue weighted by atomic mass is 9.86. The van der Waals surface area contributed by atoms with Crippen molar-refractivity contribution in [2.24, 2.45) is 10.2 Å². The first-order chi connectivity index (χ1) is 15.2. The van der Waals surface area contributed by atoms with Gasteiger partial charge in [-0.15, -0.1) is 12.3 Å². The summed E-state index contributed by atoms with van der Waals surface area (Å²) in [6.45, 7) is 6.86. The van der Waals surface area contributed by atoms with E-state index >= 15 is 0 Å². The molecule has 1 fully saturated rings. The number of nitrogens with one attached hydrogen (secondary N) is 2. The van der Waals surface area contributed by atoms with Gasteiger partial charge in [-0.1, -0.05) is 18.2 Å². The molecular weight excluding hydrogens is 406 g/mol. The average molecular weight is 440 g/mol. The van der Waals surface area contributed by atoms with Gasteiger partial charge in [0.2, 0.25) is 5.91 Å². The molecule has 8 heteroatoms. The van der Waals surface area contributed by atoms with Gasteiger partial charge in [0.15, 0.2) is 5.66 Å². The van der Waals surface area contributed by atoms with Gasteiger partial charge in [0.1, 0.15) is 11.1 Å². The Morgan fingerprint density at radius 3 is 2.38 bits per heavy atom. The number of hydrogen-bond donors (Lipinski definition) is 2. The smallest absolute Gasteiger partial charge is 0.410 e. The van der Waals surface area contributed by atoms with Crippen LogP contribution in [0.3, 0.4) is 0 Å². The zero-order chi connectivity index (χ0) is 23.2. The third kappa shape index (κ3) is 6.22. The van der Waals surface area contributed by atoms with E-state index in [1.165, 1.54) is 0 Å². The van der Waals surface area contributed by atoms with Crippen LogP contribution in [-0.2, 0) is 9.53 Å². The summed E-state index contributed by atoms with van der Waals surface area (Å²) in [4.78, 5) is 27.5. The molecule has 1 saturated heterocycles. The third-order valence-electron chi connectivity index (χ3n) is 5.72. The van der Waals surface area contributed by atoms with Crippen molar-refractivity contribution in [2.45, 2.75) is 69.7 Å². The molecule has 1 aromatic rings. The quantitative estimate of drug-likeness (QED) is 0.600. The molecular formula is C24H33N5O3. The van der Waals surface area contributed by atoms with Gasteiger partial charge in [-0.25, -0.2) is 4.79 Å². The number of para-hydroxylation sites is 1. The molecule has 2 N–H and O–H groups in total. The molecule has 0 bridgehead atoms. The van der Waals surface area contributed by atoms with Crippen molar-refractivity contribution in [1.82, 2.24) is 10.2 Å². The summed E-state index contributed by atoms with van der Waals surface area (Å²) in [5.74, 6) is 2.53. The summed E-state index contributed by atoms with van der Waals surface area (Å²) in [5, 5.41) is 14.8. The highest BCUT2D eigenvalue weighted by Gasteiger charge is 2.44. The van der Waals surface area contributed by atoms with Crippen molar-refractivity contribution >= 4 is 17.7 Å². The molecule has 0 atom stereocenters. The molecule has 32 heavy (non-hydrogen) atoms. The fourth-order valence-electron chi connectivity index (χ4n) is 3.82. The summed E-state index contributed by atoms with van der Waals surface area (Å²) < 4.78 is 5.50. The van der Waals surface area contributed by atoms with E-state index in [-0.39, 0.29) is 12.0 Å². The normalized spacial score (nSPS) is 18.4. The van der Waals surface area contributed by atoms with Gasteiger partial charge in [0.05, 0.1) is 0 Å². The molecule has 2 heterocycles. The molecule has 172 valence electrons. The predicted molar refractivity (Wildman–Crippen MR) is 123 cm³/mol. The first kappa shape index (κ1) is 23.6. The minimum absolute atomic E-state index is 0.0852. The lowest BCUT2D eigenvalue weighted by Gasteiger charge is -2.42. The van der Waals surface area contributed by atoms with Crippen LogP contribution < -0.4 is 10.6 Å². The number of ether oxygens (including phenoxy) is 1. The van der Waals surface area contributed by atoms with Crippen LogP contribution in [0, 0.1) is 12.3 Å². The topological polar surface area (TPSA) is 95.4 Å². The van der Waals surface area contributed by atoms with Crippen LogP contribution in [0.1, 0.15) is 52.9 Å². The van der Waals surface area contributed by atoms with Crippen molar-refractivity contribution < 1.29 is 14.3 Å². The second-order valence-corrected chi connectivity index (χ2v) is 9.43. The molecule has 2 amide bonds. The highest BCUT2D eigenvalue weighted by molar-refractivity contribution is 5.90. The molecule has 0 unspecified atom stereocenters. The summed E-state index contributed by atoms with van der Waals surface area (Å²) in [6.07, 6.45) is 7.90. The van der Waals surface area contributed by atoms with Crippen LogP contribution in [0.25, 0.3) is 0 Å². The van der Waals surface area contributed by atoms with E-state index in [9.17, 15) is 9.59 Å². The Morgan fingerprint density at radius 2 is 1.81 bits per heavy atom. The van der Waals surface area contributed by atoms with Gasteiger partial charge in [0.25, 0.3) is 0 Å². The van der Waals surface area contributed by atoms with Gasteiger partial charge >= 0.3 is 6.09 Å². The fourth-order valence-corrected chi connectivity index (χ4v) is 3.82. The molecule has 0 radical (unpaired) electrons. The second kappa shape index (κ2) is 9.60. The number of likely N-dealkylation sites (tertiary alicyclic amines) is 1. The van der Waals surface area contributed by atoms with E-state index in [0.717, 1.165) is 5.69 Å². The summed E-state index contributed by atoms with van der Waals surface area (Å²) >= 11 is 0. The highest BCUT2D eigenvalue weighted by atomic mass is 16.6. The van der Waals surface area contributed by atoms with E-state index in [4.69, 9.17) is 11.2 Å². The van der Waals surface area contributed by atoms with E-state index in [1.807, 2.05) is 51.1 Å². The van der Waals surface area contributed by atoms with Crippen molar-refractivity contribution in [2.75, 3.05) is 25.0 Å². The molecule has 0 saturated carbocycles. The monoisotopic (exact) mass is 439 g/mol. The summed E-state index contributed by atoms with van der Waals surface area (Å²) in [6, 6.07) is 9.66. The van der Waals surface area contributed by atoms with Gasteiger partial charge in [-0.2, -0.15) is 10.2 Å². The second-order valence-electron chi connectivity index (χ2n) is 9.43. The molecule has 2 aliphatic rings. The maximum absolute atomic E-state index is 13.3. The maximum atomic E-state index is 13.3. The number of benzene rings is 1. The Bertz CT molecular complexity index is 871. The molecule has 0 aliphatic carbocycles. The molecule has 8 nitrogen and oxygen atoms in total. The Kier molecular flexibility index (Phi) is 7.07. The fraction of sp³-hybridized carbons (Fsp3) is 0.583. The standard InChI is InChI=1S/C24H33N5O3/c1-5-6-12-24(27-28-24)13-16-25-20(30)23(26-19-10-8-7-9-11-19)14-17-29(18-15-23)21(31)32-22(2,3)4/h1,7-11,26H,6,12-18H2,2-4H3,(H,25,30). The zero-order valence-electron chi connectivity index (χ0n) is 19.2. The van der Waals surface area contributed by atoms with Gasteiger partial charge < -0.3 is 20.3 Å². The van der Waals surface area contributed by atoms with Crippen LogP contribution in [0.4, 0.5) is 10.5 Å². The van der Waals surface area contributed by atoms with Crippen molar-refractivity contribution in [3.8, 4) is 12.3 Å². The number of rotatable bonds is 8. The largest absolute Gasteiger partial charge is 0.444 e. The molecule has 0 spiro atoms. The van der Waals surface area contributed by atoms with Gasteiger partial charge in [-0.05, 0) is 45.7 Å². The van der Waals surface area contributed by atoms with E-state index in [1.54, 1.807) is 4.90 Å². The molecule has 0 aromatic heterocycles. The summed E-state index contributed by atoms with van der Waals surface area (Å²) in [7, 11) is 0. The van der Waals surface area contributed by atoms with Crippen LogP contribution >= 0.6 is 0 Å². The minimum atomic E-state index is -0.816. The van der Waals surface area contributed by atoms with Gasteiger partial charge in [-0.3, -0.25) is 4.79 Å². The zero-order valence-corrected chi connectivity index (χ0v) is 19.2. The Morgan fingerprint density at radius 1 is 1.16 bits per heavy atom. The number of hydrogen-bond acceptors (Lipinski definition) is 6. The SMILES string of the molecule is C#CCCC1(CCNC(=O)C2(Nc3ccccc3)CCN(C(=O)OC(C)(C)C)CC2)N=N1. The lowest BCUT2D eigenvalue weighted by Crippen LogP contribution is -2.59. The number of amides is 2. The van der Waals surface area contributed by atoms with Crippen molar-refractivity contribution in [1.29, 1.82) is 0 Å². The van der Waals surface area contributed by atoms with Gasteiger partial charge in [0, 0.05) is 44.6 Å². The number of anilines is 1. The highest BCUT2D eigenvalue weighted by Crippen LogP contribution is 2.36. The third-order valence-corrected chi connectivity index (χ3v) is 5.72. The first-order valence-electron chi connectivity index (χ1n) is 11.1. The molecule has 3 rings (SSSR count). The van der Waals surface area contributed by atoms with E-state index < -0.39 is 16.8 Å². The molecule has 2 aliphatic heterocycles. The van der Waals surface area contributed by atoms with Crippen LogP contribution in [0.5, 0.6) is 0 Å². The minimum Gasteiger partial charge on any atom is -0.444 e. The lowest BCUT2D eigenvalue weighted by molar-refractivity contribution is -0.127.